The van der Waals surface area contributed by atoms with E-state index in [0.717, 1.165) is 21.6 Å². The molecule has 350 valence electrons. The van der Waals surface area contributed by atoms with Crippen LogP contribution in [0, 0.1) is 11.8 Å². The van der Waals surface area contributed by atoms with Gasteiger partial charge < -0.3 is 62.6 Å². The zero-order valence-corrected chi connectivity index (χ0v) is 39.0. The Morgan fingerprint density at radius 2 is 0.839 bits per heavy atom. The van der Waals surface area contributed by atoms with Gasteiger partial charge in [-0.2, -0.15) is 0 Å². The molecule has 0 aromatic rings. The first-order valence-corrected chi connectivity index (χ1v) is 22.7. The van der Waals surface area contributed by atoms with Crippen molar-refractivity contribution >= 4 is 81.0 Å². The summed E-state index contributed by atoms with van der Waals surface area (Å²) in [5.74, 6) is -7.97. The van der Waals surface area contributed by atoms with Gasteiger partial charge in [0.1, 0.15) is 59.5 Å². The van der Waals surface area contributed by atoms with Crippen LogP contribution in [-0.2, 0) is 47.8 Å². The Bertz CT molecular complexity index is 1570. The third kappa shape index (κ3) is 18.2. The maximum Gasteiger partial charge on any atom is 0.408 e. The fourth-order valence-electron chi connectivity index (χ4n) is 5.47. The fourth-order valence-corrected chi connectivity index (χ4v) is 7.80. The van der Waals surface area contributed by atoms with Crippen LogP contribution in [-0.4, -0.2) is 144 Å². The molecule has 2 aliphatic heterocycles. The predicted molar refractivity (Wildman–Crippen MR) is 230 cm³/mol. The van der Waals surface area contributed by atoms with E-state index >= 15 is 0 Å². The first-order valence-electron chi connectivity index (χ1n) is 20.2. The van der Waals surface area contributed by atoms with E-state index in [9.17, 15) is 47.9 Å². The first-order chi connectivity index (χ1) is 28.6. The highest BCUT2D eigenvalue weighted by atomic mass is 33.1. The molecule has 0 aromatic heterocycles. The zero-order chi connectivity index (χ0) is 47.3. The molecule has 0 aliphatic carbocycles. The topological polar surface area (TPSA) is 309 Å². The van der Waals surface area contributed by atoms with Crippen molar-refractivity contribution in [3.05, 3.63) is 0 Å². The number of carbonyl (C=O) groups is 10. The van der Waals surface area contributed by atoms with Crippen molar-refractivity contribution in [1.82, 2.24) is 53.2 Å². The number of hydrogen-bond donors (Lipinski definition) is 10. The summed E-state index contributed by atoms with van der Waals surface area (Å²) in [5, 5.41) is 25.3. The average molecular weight is 917 g/mol. The number of hydrogen-bond acceptors (Lipinski definition) is 14. The lowest BCUT2D eigenvalue weighted by atomic mass is 10.0. The smallest absolute Gasteiger partial charge is 0.408 e. The van der Waals surface area contributed by atoms with Crippen LogP contribution in [0.1, 0.15) is 83.1 Å². The second-order valence-corrected chi connectivity index (χ2v) is 20.1. The second-order valence-electron chi connectivity index (χ2n) is 17.5. The van der Waals surface area contributed by atoms with Crippen molar-refractivity contribution in [3.8, 4) is 0 Å². The molecule has 0 aromatic carbocycles. The van der Waals surface area contributed by atoms with Crippen molar-refractivity contribution in [2.45, 2.75) is 143 Å². The largest absolute Gasteiger partial charge is 0.444 e. The monoisotopic (exact) mass is 916 g/mol. The molecule has 2 saturated heterocycles. The number of nitrogens with one attached hydrogen (secondary N) is 10. The fraction of sp³-hybridized carbons (Fsp3) is 0.737. The minimum atomic E-state index is -1.50. The summed E-state index contributed by atoms with van der Waals surface area (Å²) < 4.78 is 10.6. The van der Waals surface area contributed by atoms with Gasteiger partial charge >= 0.3 is 12.2 Å². The molecule has 22 nitrogen and oxygen atoms in total. The number of amides is 10. The van der Waals surface area contributed by atoms with Gasteiger partial charge in [0.05, 0.1) is 0 Å². The molecule has 8 atom stereocenters. The van der Waals surface area contributed by atoms with E-state index in [0.29, 0.717) is 0 Å². The zero-order valence-electron chi connectivity index (χ0n) is 37.3. The van der Waals surface area contributed by atoms with E-state index in [1.165, 1.54) is 13.8 Å². The van der Waals surface area contributed by atoms with Crippen LogP contribution in [0.3, 0.4) is 0 Å². The predicted octanol–water partition coefficient (Wildman–Crippen LogP) is -1.33. The second kappa shape index (κ2) is 23.4. The summed E-state index contributed by atoms with van der Waals surface area (Å²) in [6.07, 6.45) is -2.01. The van der Waals surface area contributed by atoms with Gasteiger partial charge in [-0.25, -0.2) is 9.59 Å². The number of fused-ring (bicyclic) bond motifs is 5. The SMILES string of the molecule is CC(C)[C@@H]1NC(=O)[C@@H]2CSSC[C@H](NC(=O)[C@H](C)NC(=O)[C@H](NC(=O)OC(C)(C)C)CNC1=O)C(=O)N[C@@H](C(C)C)C(=O)NC[C@@H](NC(=O)OC(C)(C)C)C(=O)N[C@@H](C)C(=O)N2. The first kappa shape index (κ1) is 53.1. The molecule has 24 heteroatoms. The minimum absolute atomic E-state index is 0.147. The van der Waals surface area contributed by atoms with E-state index < -0.39 is 144 Å². The molecule has 62 heavy (non-hydrogen) atoms. The maximum atomic E-state index is 13.9. The number of alkyl carbamates (subject to hydrolysis) is 2. The molecule has 2 fully saturated rings. The van der Waals surface area contributed by atoms with Crippen molar-refractivity contribution in [2.24, 2.45) is 11.8 Å². The molecular weight excluding hydrogens is 853 g/mol. The van der Waals surface area contributed by atoms with Gasteiger partial charge in [0.15, 0.2) is 0 Å². The van der Waals surface area contributed by atoms with Crippen LogP contribution in [0.5, 0.6) is 0 Å². The van der Waals surface area contributed by atoms with Gasteiger partial charge in [0.2, 0.25) is 47.3 Å². The molecule has 10 N–H and O–H groups in total. The van der Waals surface area contributed by atoms with Gasteiger partial charge in [0.25, 0.3) is 0 Å². The van der Waals surface area contributed by atoms with Crippen molar-refractivity contribution < 1.29 is 57.4 Å². The quantitative estimate of drug-likeness (QED) is 0.146. The van der Waals surface area contributed by atoms with Gasteiger partial charge in [-0.05, 0) is 67.2 Å². The number of carbonyl (C=O) groups excluding carboxylic acids is 10. The average Bonchev–Trinajstić information content (AvgIpc) is 3.13. The van der Waals surface area contributed by atoms with Crippen LogP contribution in [0.25, 0.3) is 0 Å². The molecule has 2 bridgehead atoms. The van der Waals surface area contributed by atoms with Gasteiger partial charge in [-0.15, -0.1) is 0 Å². The summed E-state index contributed by atoms with van der Waals surface area (Å²) in [4.78, 5) is 135. The standard InChI is InChI=1S/C38H64N10O12S2/c1-17(2)25-33(55)39-13-21(45-35(57)59-37(7,8)9)29(51)41-20(6)28(50)44-24-16-62-61-15-23(31(53)47-25)43-27(49)19(5)42-30(52)22(46-36(58)60-38(10,11)12)14-40-34(56)26(18(3)4)48-32(24)54/h17-26H,13-16H2,1-12H3,(H,39,55)(H,40,56)(H,41,51)(H,42,52)(H,43,49)(H,44,50)(H,45,57)(H,46,58)(H,47,53)(H,48,54)/t19-,20-,21+,22+,23-,24-,25-,26-/m0/s1. The minimum Gasteiger partial charge on any atom is -0.444 e. The normalized spacial score (nSPS) is 27.4. The molecule has 0 radical (unpaired) electrons. The van der Waals surface area contributed by atoms with Gasteiger partial charge in [-0.1, -0.05) is 49.3 Å². The van der Waals surface area contributed by atoms with E-state index in [-0.39, 0.29) is 11.5 Å². The van der Waals surface area contributed by atoms with Crippen LogP contribution in [0.15, 0.2) is 0 Å². The highest BCUT2D eigenvalue weighted by Crippen LogP contribution is 2.24. The van der Waals surface area contributed by atoms with E-state index in [1.807, 2.05) is 0 Å². The molecule has 0 spiro atoms. The number of ether oxygens (including phenoxy) is 2. The summed E-state index contributed by atoms with van der Waals surface area (Å²) in [6, 6.07) is -10.8. The van der Waals surface area contributed by atoms with Crippen molar-refractivity contribution in [2.75, 3.05) is 24.6 Å². The third-order valence-electron chi connectivity index (χ3n) is 8.79. The Morgan fingerprint density at radius 1 is 0.516 bits per heavy atom. The third-order valence-corrected chi connectivity index (χ3v) is 11.2. The van der Waals surface area contributed by atoms with Crippen LogP contribution in [0.4, 0.5) is 9.59 Å². The van der Waals surface area contributed by atoms with Crippen LogP contribution >= 0.6 is 21.6 Å². The molecule has 0 saturated carbocycles. The summed E-state index contributed by atoms with van der Waals surface area (Å²) in [5.41, 5.74) is -1.93. The van der Waals surface area contributed by atoms with E-state index in [2.05, 4.69) is 53.2 Å². The molecule has 2 rings (SSSR count). The lowest BCUT2D eigenvalue weighted by Crippen LogP contribution is -2.62. The highest BCUT2D eigenvalue weighted by molar-refractivity contribution is 8.76. The Kier molecular flexibility index (Phi) is 20.1. The highest BCUT2D eigenvalue weighted by Gasteiger charge is 2.36. The van der Waals surface area contributed by atoms with E-state index in [1.54, 1.807) is 69.2 Å². The van der Waals surface area contributed by atoms with Crippen LogP contribution in [0.2, 0.25) is 0 Å². The van der Waals surface area contributed by atoms with Crippen molar-refractivity contribution in [3.63, 3.8) is 0 Å². The molecule has 2 aliphatic rings. The lowest BCUT2D eigenvalue weighted by Gasteiger charge is -2.29. The van der Waals surface area contributed by atoms with Gasteiger partial charge in [-0.3, -0.25) is 38.4 Å². The van der Waals surface area contributed by atoms with Crippen molar-refractivity contribution in [1.29, 1.82) is 0 Å². The summed E-state index contributed by atoms with van der Waals surface area (Å²) >= 11 is 0. The molecular formula is C38H64N10O12S2. The Labute approximate surface area is 369 Å². The Hall–Kier alpha value is -5.00. The summed E-state index contributed by atoms with van der Waals surface area (Å²) in [6.45, 7) is 17.8. The van der Waals surface area contributed by atoms with Crippen LogP contribution < -0.4 is 53.2 Å². The summed E-state index contributed by atoms with van der Waals surface area (Å²) in [7, 11) is 2.08. The Morgan fingerprint density at radius 3 is 1.13 bits per heavy atom. The lowest BCUT2D eigenvalue weighted by molar-refractivity contribution is -0.134. The molecule has 2 heterocycles. The van der Waals surface area contributed by atoms with E-state index in [4.69, 9.17) is 9.47 Å². The molecule has 0 unspecified atom stereocenters. The maximum absolute atomic E-state index is 13.9. The number of rotatable bonds is 4. The van der Waals surface area contributed by atoms with Gasteiger partial charge in [0, 0.05) is 24.6 Å². The Balaban J connectivity index is 2.68. The molecule has 10 amide bonds.